The summed E-state index contributed by atoms with van der Waals surface area (Å²) in [5.41, 5.74) is 7.68. The monoisotopic (exact) mass is 505 g/mol. The minimum atomic E-state index is -0.103. The predicted molar refractivity (Wildman–Crippen MR) is 147 cm³/mol. The molecule has 0 saturated carbocycles. The van der Waals surface area contributed by atoms with Gasteiger partial charge in [-0.05, 0) is 42.7 Å². The number of rotatable bonds is 5. The number of aromatic amines is 2. The minimum Gasteiger partial charge on any atom is -0.336 e. The molecule has 0 unspecified atom stereocenters. The fourth-order valence-corrected chi connectivity index (χ4v) is 4.45. The van der Waals surface area contributed by atoms with Gasteiger partial charge in [0.1, 0.15) is 11.0 Å². The largest absolute Gasteiger partial charge is 0.336 e. The summed E-state index contributed by atoms with van der Waals surface area (Å²) in [4.78, 5) is 34.3. The molecular weight excluding hydrogens is 478 g/mol. The number of nitrogens with one attached hydrogen (secondary N) is 3. The SMILES string of the molecule is Cc1cn(-c2cccc3[nH]c(-c4n[nH]c5ccc(-c6cncc(NC(=O)CC(C)(C)C)c6)nc45)nc23)cn1. The van der Waals surface area contributed by atoms with E-state index in [9.17, 15) is 4.79 Å². The highest BCUT2D eigenvalue weighted by Crippen LogP contribution is 2.30. The van der Waals surface area contributed by atoms with Gasteiger partial charge in [-0.3, -0.25) is 14.9 Å². The maximum atomic E-state index is 12.4. The molecule has 38 heavy (non-hydrogen) atoms. The average Bonchev–Trinajstić information content (AvgIpc) is 3.60. The molecule has 0 fully saturated rings. The number of nitrogens with zero attached hydrogens (tertiary/aromatic N) is 6. The first-order chi connectivity index (χ1) is 18.2. The topological polar surface area (TPSA) is 130 Å². The van der Waals surface area contributed by atoms with Gasteiger partial charge in [0, 0.05) is 24.4 Å². The van der Waals surface area contributed by atoms with Gasteiger partial charge in [0.2, 0.25) is 5.91 Å². The van der Waals surface area contributed by atoms with Crippen molar-refractivity contribution in [2.24, 2.45) is 5.41 Å². The van der Waals surface area contributed by atoms with Crippen molar-refractivity contribution in [3.8, 4) is 28.5 Å². The van der Waals surface area contributed by atoms with E-state index in [4.69, 9.17) is 9.97 Å². The molecule has 0 bridgehead atoms. The van der Waals surface area contributed by atoms with E-state index in [0.29, 0.717) is 34.8 Å². The van der Waals surface area contributed by atoms with Crippen LogP contribution in [0.5, 0.6) is 0 Å². The molecule has 1 aromatic carbocycles. The van der Waals surface area contributed by atoms with Crippen molar-refractivity contribution in [2.45, 2.75) is 34.1 Å². The Bertz CT molecular complexity index is 1800. The zero-order valence-electron chi connectivity index (χ0n) is 21.6. The summed E-state index contributed by atoms with van der Waals surface area (Å²) in [6.45, 7) is 8.05. The summed E-state index contributed by atoms with van der Waals surface area (Å²) in [7, 11) is 0. The van der Waals surface area contributed by atoms with Crippen LogP contribution >= 0.6 is 0 Å². The maximum Gasteiger partial charge on any atom is 0.224 e. The molecule has 0 aliphatic rings. The van der Waals surface area contributed by atoms with Crippen molar-refractivity contribution >= 4 is 33.7 Å². The first-order valence-corrected chi connectivity index (χ1v) is 12.3. The number of anilines is 1. The summed E-state index contributed by atoms with van der Waals surface area (Å²) in [6.07, 6.45) is 7.53. The fourth-order valence-electron chi connectivity index (χ4n) is 4.45. The van der Waals surface area contributed by atoms with Crippen molar-refractivity contribution in [1.29, 1.82) is 0 Å². The molecule has 5 heterocycles. The van der Waals surface area contributed by atoms with Gasteiger partial charge >= 0.3 is 0 Å². The first-order valence-electron chi connectivity index (χ1n) is 12.3. The van der Waals surface area contributed by atoms with Crippen LogP contribution in [-0.2, 0) is 4.79 Å². The molecule has 0 spiro atoms. The quantitative estimate of drug-likeness (QED) is 0.286. The van der Waals surface area contributed by atoms with Crippen molar-refractivity contribution < 1.29 is 4.79 Å². The second-order valence-electron chi connectivity index (χ2n) is 10.6. The maximum absolute atomic E-state index is 12.4. The van der Waals surface area contributed by atoms with Crippen molar-refractivity contribution in [2.75, 3.05) is 5.32 Å². The highest BCUT2D eigenvalue weighted by Gasteiger charge is 2.18. The predicted octanol–water partition coefficient (Wildman–Crippen LogP) is 5.43. The van der Waals surface area contributed by atoms with Crippen molar-refractivity contribution in [3.05, 3.63) is 67.0 Å². The number of carbonyl (C=O) groups is 1. The van der Waals surface area contributed by atoms with E-state index in [0.717, 1.165) is 33.5 Å². The number of hydrogen-bond acceptors (Lipinski definition) is 6. The van der Waals surface area contributed by atoms with E-state index < -0.39 is 0 Å². The van der Waals surface area contributed by atoms with Crippen LogP contribution in [0.25, 0.3) is 50.5 Å². The van der Waals surface area contributed by atoms with Gasteiger partial charge in [0.25, 0.3) is 0 Å². The van der Waals surface area contributed by atoms with Crippen molar-refractivity contribution in [3.63, 3.8) is 0 Å². The number of para-hydroxylation sites is 1. The smallest absolute Gasteiger partial charge is 0.224 e. The molecule has 0 saturated heterocycles. The number of carbonyl (C=O) groups excluding carboxylic acids is 1. The van der Waals surface area contributed by atoms with E-state index >= 15 is 0 Å². The Morgan fingerprint density at radius 3 is 2.71 bits per heavy atom. The van der Waals surface area contributed by atoms with E-state index in [-0.39, 0.29) is 11.3 Å². The number of aromatic nitrogens is 8. The van der Waals surface area contributed by atoms with E-state index in [1.54, 1.807) is 18.7 Å². The zero-order chi connectivity index (χ0) is 26.4. The van der Waals surface area contributed by atoms with Crippen LogP contribution in [0, 0.1) is 12.3 Å². The van der Waals surface area contributed by atoms with Gasteiger partial charge in [0.15, 0.2) is 11.5 Å². The molecule has 0 atom stereocenters. The van der Waals surface area contributed by atoms with Crippen LogP contribution in [0.3, 0.4) is 0 Å². The highest BCUT2D eigenvalue weighted by atomic mass is 16.1. The third-order valence-corrected chi connectivity index (χ3v) is 6.12. The van der Waals surface area contributed by atoms with Gasteiger partial charge in [-0.2, -0.15) is 5.10 Å². The number of amides is 1. The Hall–Kier alpha value is -4.86. The first kappa shape index (κ1) is 23.5. The molecule has 0 aliphatic heterocycles. The zero-order valence-corrected chi connectivity index (χ0v) is 21.6. The molecule has 0 radical (unpaired) electrons. The fraction of sp³-hybridized carbons (Fsp3) is 0.214. The number of fused-ring (bicyclic) bond motifs is 2. The Kier molecular flexibility index (Phi) is 5.52. The van der Waals surface area contributed by atoms with Crippen molar-refractivity contribution in [1.82, 2.24) is 39.7 Å². The summed E-state index contributed by atoms with van der Waals surface area (Å²) in [5.74, 6) is 0.564. The minimum absolute atomic E-state index is 0.0490. The molecule has 5 aromatic heterocycles. The van der Waals surface area contributed by atoms with Gasteiger partial charge in [0.05, 0.1) is 46.3 Å². The molecule has 3 N–H and O–H groups in total. The van der Waals surface area contributed by atoms with E-state index in [1.807, 2.05) is 74.9 Å². The number of hydrogen-bond donors (Lipinski definition) is 3. The molecule has 10 nitrogen and oxygen atoms in total. The lowest BCUT2D eigenvalue weighted by Crippen LogP contribution is -2.19. The lowest BCUT2D eigenvalue weighted by atomic mass is 9.92. The molecule has 6 rings (SSSR count). The third kappa shape index (κ3) is 4.52. The third-order valence-electron chi connectivity index (χ3n) is 6.12. The van der Waals surface area contributed by atoms with Crippen LogP contribution in [0.1, 0.15) is 32.9 Å². The Labute approximate surface area is 218 Å². The summed E-state index contributed by atoms with van der Waals surface area (Å²) in [6, 6.07) is 11.7. The lowest BCUT2D eigenvalue weighted by Gasteiger charge is -2.17. The summed E-state index contributed by atoms with van der Waals surface area (Å²) in [5, 5.41) is 10.5. The van der Waals surface area contributed by atoms with Gasteiger partial charge in [-0.25, -0.2) is 15.0 Å². The Morgan fingerprint density at radius 2 is 1.92 bits per heavy atom. The van der Waals surface area contributed by atoms with Crippen LogP contribution < -0.4 is 5.32 Å². The van der Waals surface area contributed by atoms with Crippen LogP contribution in [0.15, 0.2) is 61.3 Å². The second kappa shape index (κ2) is 8.91. The van der Waals surface area contributed by atoms with Crippen LogP contribution in [-0.4, -0.2) is 45.6 Å². The standard InChI is InChI=1S/C28H27N9O/c1-16-14-37(15-30-16)22-7-5-6-20-24(22)34-27(33-20)26-25-21(35-36-26)9-8-19(32-25)17-10-18(13-29-12-17)31-23(38)11-28(2,3)4/h5-10,12-15H,11H2,1-4H3,(H,31,38)(H,33,34)(H,35,36). The van der Waals surface area contributed by atoms with E-state index in [2.05, 4.69) is 30.5 Å². The average molecular weight is 506 g/mol. The summed E-state index contributed by atoms with van der Waals surface area (Å²) < 4.78 is 1.96. The molecule has 1 amide bonds. The van der Waals surface area contributed by atoms with Gasteiger partial charge < -0.3 is 14.9 Å². The van der Waals surface area contributed by atoms with Gasteiger partial charge in [-0.15, -0.1) is 0 Å². The summed E-state index contributed by atoms with van der Waals surface area (Å²) >= 11 is 0. The van der Waals surface area contributed by atoms with E-state index in [1.165, 1.54) is 0 Å². The Balaban J connectivity index is 1.36. The van der Waals surface area contributed by atoms with Crippen LogP contribution in [0.2, 0.25) is 0 Å². The number of pyridine rings is 2. The van der Waals surface area contributed by atoms with Gasteiger partial charge in [-0.1, -0.05) is 26.8 Å². The number of imidazole rings is 2. The number of aryl methyl sites for hydroxylation is 1. The molecule has 6 aromatic rings. The molecular formula is C28H27N9O. The Morgan fingerprint density at radius 1 is 1.05 bits per heavy atom. The van der Waals surface area contributed by atoms with Crippen LogP contribution in [0.4, 0.5) is 5.69 Å². The lowest BCUT2D eigenvalue weighted by molar-refractivity contribution is -0.117. The molecule has 0 aliphatic carbocycles. The number of H-pyrrole nitrogens is 2. The number of benzene rings is 1. The normalized spacial score (nSPS) is 11.9. The molecule has 10 heteroatoms. The molecule has 190 valence electrons. The second-order valence-corrected chi connectivity index (χ2v) is 10.6. The highest BCUT2D eigenvalue weighted by molar-refractivity contribution is 5.94.